The highest BCUT2D eigenvalue weighted by atomic mass is 32.1. The van der Waals surface area contributed by atoms with E-state index >= 15 is 0 Å². The van der Waals surface area contributed by atoms with E-state index in [-0.39, 0.29) is 18.2 Å². The molecule has 1 aliphatic heterocycles. The zero-order valence-electron chi connectivity index (χ0n) is 13.5. The van der Waals surface area contributed by atoms with Gasteiger partial charge in [-0.05, 0) is 31.5 Å². The lowest BCUT2D eigenvalue weighted by atomic mass is 10.1. The van der Waals surface area contributed by atoms with Gasteiger partial charge in [0.15, 0.2) is 0 Å². The lowest BCUT2D eigenvalue weighted by Gasteiger charge is -2.14. The minimum Gasteiger partial charge on any atom is -0.467 e. The number of furan rings is 1. The van der Waals surface area contributed by atoms with Gasteiger partial charge in [-0.25, -0.2) is 0 Å². The van der Waals surface area contributed by atoms with E-state index in [9.17, 15) is 14.9 Å². The van der Waals surface area contributed by atoms with Gasteiger partial charge < -0.3 is 14.6 Å². The van der Waals surface area contributed by atoms with Gasteiger partial charge in [-0.1, -0.05) is 0 Å². The Kier molecular flexibility index (Phi) is 4.40. The summed E-state index contributed by atoms with van der Waals surface area (Å²) in [5.74, 6) is -0.00367. The Morgan fingerprint density at radius 1 is 1.54 bits per heavy atom. The Bertz CT molecular complexity index is 817. The summed E-state index contributed by atoms with van der Waals surface area (Å²) >= 11 is 1.39. The second kappa shape index (κ2) is 6.49. The maximum absolute atomic E-state index is 12.5. The molecule has 1 unspecified atom stereocenters. The summed E-state index contributed by atoms with van der Waals surface area (Å²) in [6.07, 6.45) is 1.74. The fraction of sp³-hybridized carbons (Fsp3) is 0.353. The van der Waals surface area contributed by atoms with E-state index in [1.165, 1.54) is 11.3 Å². The van der Waals surface area contributed by atoms with Crippen molar-refractivity contribution in [3.8, 4) is 6.07 Å². The first-order valence-corrected chi connectivity index (χ1v) is 8.42. The molecule has 24 heavy (non-hydrogen) atoms. The topological polar surface area (TPSA) is 86.3 Å². The van der Waals surface area contributed by atoms with Gasteiger partial charge in [-0.3, -0.25) is 9.59 Å². The van der Waals surface area contributed by atoms with Crippen LogP contribution in [0.4, 0.5) is 5.00 Å². The number of anilines is 1. The van der Waals surface area contributed by atoms with Crippen LogP contribution >= 0.6 is 11.3 Å². The van der Waals surface area contributed by atoms with Crippen molar-refractivity contribution in [3.05, 3.63) is 40.2 Å². The molecule has 0 saturated carbocycles. The number of thiophene rings is 1. The molecule has 2 amide bonds. The van der Waals surface area contributed by atoms with E-state index in [4.69, 9.17) is 4.42 Å². The molecule has 3 rings (SSSR count). The highest BCUT2D eigenvalue weighted by Crippen LogP contribution is 2.32. The van der Waals surface area contributed by atoms with E-state index in [1.807, 2.05) is 13.8 Å². The van der Waals surface area contributed by atoms with Crippen molar-refractivity contribution < 1.29 is 14.0 Å². The smallest absolute Gasteiger partial charge is 0.230 e. The molecule has 0 bridgehead atoms. The molecule has 1 atom stereocenters. The van der Waals surface area contributed by atoms with Crippen LogP contribution in [0.3, 0.4) is 0 Å². The average molecular weight is 343 g/mol. The molecule has 7 heteroatoms. The number of nitrogens with zero attached hydrogens (tertiary/aromatic N) is 2. The van der Waals surface area contributed by atoms with Crippen LogP contribution in [0.5, 0.6) is 0 Å². The van der Waals surface area contributed by atoms with Gasteiger partial charge >= 0.3 is 0 Å². The second-order valence-electron chi connectivity index (χ2n) is 5.84. The fourth-order valence-electron chi connectivity index (χ4n) is 2.75. The molecule has 0 aliphatic carbocycles. The van der Waals surface area contributed by atoms with E-state index < -0.39 is 5.92 Å². The monoisotopic (exact) mass is 343 g/mol. The van der Waals surface area contributed by atoms with Crippen LogP contribution in [-0.2, 0) is 16.1 Å². The van der Waals surface area contributed by atoms with Gasteiger partial charge in [0.25, 0.3) is 0 Å². The standard InChI is InChI=1S/C17H17N3O3S/c1-10-11(2)24-17(14(10)7-18)19-16(22)12-6-15(21)20(8-12)9-13-4-3-5-23-13/h3-5,12H,6,8-9H2,1-2H3,(H,19,22). The van der Waals surface area contributed by atoms with Gasteiger partial charge in [0.2, 0.25) is 11.8 Å². The number of rotatable bonds is 4. The van der Waals surface area contributed by atoms with Crippen LogP contribution in [0.25, 0.3) is 0 Å². The van der Waals surface area contributed by atoms with Crippen LogP contribution in [0.2, 0.25) is 0 Å². The van der Waals surface area contributed by atoms with Crippen LogP contribution in [0.15, 0.2) is 22.8 Å². The average Bonchev–Trinajstić information content (AvgIpc) is 3.23. The Morgan fingerprint density at radius 2 is 2.33 bits per heavy atom. The zero-order chi connectivity index (χ0) is 17.3. The number of likely N-dealkylation sites (tertiary alicyclic amines) is 1. The third-order valence-electron chi connectivity index (χ3n) is 4.25. The molecule has 1 fully saturated rings. The van der Waals surface area contributed by atoms with Crippen LogP contribution < -0.4 is 5.32 Å². The van der Waals surface area contributed by atoms with Gasteiger partial charge in [0, 0.05) is 17.8 Å². The number of hydrogen-bond acceptors (Lipinski definition) is 5. The summed E-state index contributed by atoms with van der Waals surface area (Å²) in [7, 11) is 0. The van der Waals surface area contributed by atoms with Crippen molar-refractivity contribution >= 4 is 28.2 Å². The predicted molar refractivity (Wildman–Crippen MR) is 89.4 cm³/mol. The van der Waals surface area contributed by atoms with Crippen molar-refractivity contribution in [2.45, 2.75) is 26.8 Å². The highest BCUT2D eigenvalue weighted by Gasteiger charge is 2.35. The molecule has 1 N–H and O–H groups in total. The Labute approximate surface area is 143 Å². The largest absolute Gasteiger partial charge is 0.467 e. The molecule has 2 aromatic rings. The summed E-state index contributed by atoms with van der Waals surface area (Å²) in [4.78, 5) is 27.2. The number of hydrogen-bond donors (Lipinski definition) is 1. The molecule has 0 radical (unpaired) electrons. The lowest BCUT2D eigenvalue weighted by molar-refractivity contribution is -0.128. The second-order valence-corrected chi connectivity index (χ2v) is 7.07. The van der Waals surface area contributed by atoms with Crippen molar-refractivity contribution in [2.24, 2.45) is 5.92 Å². The zero-order valence-corrected chi connectivity index (χ0v) is 14.3. The molecule has 0 aromatic carbocycles. The first-order chi connectivity index (χ1) is 11.5. The lowest BCUT2D eigenvalue weighted by Crippen LogP contribution is -2.27. The summed E-state index contributed by atoms with van der Waals surface area (Å²) in [6, 6.07) is 5.71. The maximum Gasteiger partial charge on any atom is 0.230 e. The van der Waals surface area contributed by atoms with Crippen molar-refractivity contribution in [3.63, 3.8) is 0 Å². The van der Waals surface area contributed by atoms with Crippen LogP contribution in [0.1, 0.15) is 28.2 Å². The van der Waals surface area contributed by atoms with Crippen LogP contribution in [-0.4, -0.2) is 23.3 Å². The molecule has 0 spiro atoms. The van der Waals surface area contributed by atoms with Crippen LogP contribution in [0, 0.1) is 31.1 Å². The highest BCUT2D eigenvalue weighted by molar-refractivity contribution is 7.16. The number of nitriles is 1. The number of aryl methyl sites for hydroxylation is 1. The molecule has 3 heterocycles. The minimum absolute atomic E-state index is 0.0643. The van der Waals surface area contributed by atoms with Gasteiger partial charge in [-0.15, -0.1) is 11.3 Å². The fourth-order valence-corrected chi connectivity index (χ4v) is 3.77. The van der Waals surface area contributed by atoms with Crippen molar-refractivity contribution in [1.29, 1.82) is 5.26 Å². The number of nitrogens with one attached hydrogen (secondary N) is 1. The van der Waals surface area contributed by atoms with Gasteiger partial charge in [0.05, 0.1) is 24.3 Å². The van der Waals surface area contributed by atoms with E-state index in [0.717, 1.165) is 10.4 Å². The van der Waals surface area contributed by atoms with E-state index in [0.29, 0.717) is 29.4 Å². The molecule has 124 valence electrons. The molecule has 2 aromatic heterocycles. The van der Waals surface area contributed by atoms with E-state index in [2.05, 4.69) is 11.4 Å². The Balaban J connectivity index is 1.67. The van der Waals surface area contributed by atoms with Crippen molar-refractivity contribution in [2.75, 3.05) is 11.9 Å². The number of carbonyl (C=O) groups is 2. The first-order valence-electron chi connectivity index (χ1n) is 7.60. The third kappa shape index (κ3) is 3.05. The molecular weight excluding hydrogens is 326 g/mol. The van der Waals surface area contributed by atoms with Crippen molar-refractivity contribution in [1.82, 2.24) is 4.90 Å². The van der Waals surface area contributed by atoms with Gasteiger partial charge in [-0.2, -0.15) is 5.26 Å². The summed E-state index contributed by atoms with van der Waals surface area (Å²) in [5.41, 5.74) is 1.39. The summed E-state index contributed by atoms with van der Waals surface area (Å²) in [5, 5.41) is 12.6. The minimum atomic E-state index is -0.415. The number of amides is 2. The quantitative estimate of drug-likeness (QED) is 0.925. The third-order valence-corrected chi connectivity index (χ3v) is 5.37. The molecule has 1 aliphatic rings. The normalized spacial score (nSPS) is 17.1. The number of carbonyl (C=O) groups excluding carboxylic acids is 2. The first kappa shape index (κ1) is 16.3. The Morgan fingerprint density at radius 3 is 3.00 bits per heavy atom. The van der Waals surface area contributed by atoms with E-state index in [1.54, 1.807) is 23.3 Å². The summed E-state index contributed by atoms with van der Waals surface area (Å²) in [6.45, 7) is 4.51. The predicted octanol–water partition coefficient (Wildman–Crippen LogP) is 2.82. The maximum atomic E-state index is 12.5. The SMILES string of the molecule is Cc1sc(NC(=O)C2CC(=O)N(Cc3ccco3)C2)c(C#N)c1C. The molecule has 1 saturated heterocycles. The summed E-state index contributed by atoms with van der Waals surface area (Å²) < 4.78 is 5.25. The van der Waals surface area contributed by atoms with Gasteiger partial charge in [0.1, 0.15) is 16.8 Å². The molecular formula is C17H17N3O3S. The Hall–Kier alpha value is -2.59. The molecule has 6 nitrogen and oxygen atoms in total.